The van der Waals surface area contributed by atoms with Gasteiger partial charge >= 0.3 is 0 Å². The molecule has 0 spiro atoms. The van der Waals surface area contributed by atoms with Gasteiger partial charge in [0.15, 0.2) is 0 Å². The van der Waals surface area contributed by atoms with E-state index in [0.717, 1.165) is 11.1 Å². The van der Waals surface area contributed by atoms with Crippen molar-refractivity contribution in [1.29, 1.82) is 0 Å². The molecule has 3 aromatic carbocycles. The quantitative estimate of drug-likeness (QED) is 0.418. The number of para-hydroxylation sites is 1. The molecule has 4 aromatic rings. The second-order valence-electron chi connectivity index (χ2n) is 9.76. The van der Waals surface area contributed by atoms with Gasteiger partial charge in [0.25, 0.3) is 0 Å². The minimum atomic E-state index is -0.941. The van der Waals surface area contributed by atoms with Gasteiger partial charge < -0.3 is 10.1 Å². The number of rotatable bonds is 7. The zero-order chi connectivity index (χ0) is 25.9. The van der Waals surface area contributed by atoms with Gasteiger partial charge in [-0.15, -0.1) is 5.10 Å². The summed E-state index contributed by atoms with van der Waals surface area (Å²) in [5.74, 6) is 0.00200. The Morgan fingerprint density at radius 3 is 2.50 bits per heavy atom. The van der Waals surface area contributed by atoms with E-state index in [9.17, 15) is 9.59 Å². The zero-order valence-electron chi connectivity index (χ0n) is 21.2. The molecule has 0 saturated carbocycles. The van der Waals surface area contributed by atoms with E-state index >= 15 is 0 Å². The number of nitrogens with one attached hydrogen (secondary N) is 1. The third-order valence-corrected chi connectivity index (χ3v) is 5.67. The Labute approximate surface area is 210 Å². The van der Waals surface area contributed by atoms with Gasteiger partial charge in [-0.2, -0.15) is 0 Å². The second kappa shape index (κ2) is 10.2. The number of nitrogens with zero attached hydrogens (tertiary/aromatic N) is 4. The topological polar surface area (TPSA) is 89.4 Å². The largest absolute Gasteiger partial charge is 0.497 e. The summed E-state index contributed by atoms with van der Waals surface area (Å²) in [6.45, 7) is 7.60. The van der Waals surface area contributed by atoms with E-state index in [1.54, 1.807) is 22.8 Å². The van der Waals surface area contributed by atoms with Crippen molar-refractivity contribution >= 4 is 28.5 Å². The summed E-state index contributed by atoms with van der Waals surface area (Å²) in [7, 11) is 1.57. The fourth-order valence-electron chi connectivity index (χ4n) is 4.12. The van der Waals surface area contributed by atoms with Crippen molar-refractivity contribution in [1.82, 2.24) is 20.3 Å². The average molecular weight is 486 g/mol. The smallest absolute Gasteiger partial charge is 0.249 e. The molecule has 8 heteroatoms. The minimum Gasteiger partial charge on any atom is -0.497 e. The molecular weight excluding hydrogens is 454 g/mol. The van der Waals surface area contributed by atoms with Crippen molar-refractivity contribution < 1.29 is 14.3 Å². The summed E-state index contributed by atoms with van der Waals surface area (Å²) in [5.41, 5.74) is 3.15. The zero-order valence-corrected chi connectivity index (χ0v) is 21.2. The Morgan fingerprint density at radius 1 is 1.03 bits per heavy atom. The third kappa shape index (κ3) is 5.54. The maximum absolute atomic E-state index is 14.0. The van der Waals surface area contributed by atoms with Crippen molar-refractivity contribution in [2.45, 2.75) is 45.8 Å². The monoisotopic (exact) mass is 485 g/mol. The lowest BCUT2D eigenvalue weighted by Crippen LogP contribution is -2.50. The maximum atomic E-state index is 14.0. The van der Waals surface area contributed by atoms with Crippen LogP contribution in [0.25, 0.3) is 11.0 Å². The summed E-state index contributed by atoms with van der Waals surface area (Å²) in [5, 5.41) is 11.4. The van der Waals surface area contributed by atoms with Gasteiger partial charge in [-0.05, 0) is 75.2 Å². The van der Waals surface area contributed by atoms with Crippen LogP contribution < -0.4 is 15.0 Å². The van der Waals surface area contributed by atoms with E-state index in [1.165, 1.54) is 0 Å². The van der Waals surface area contributed by atoms with Crippen molar-refractivity contribution in [3.63, 3.8) is 0 Å². The Balaban J connectivity index is 1.84. The Morgan fingerprint density at radius 2 is 1.78 bits per heavy atom. The fourth-order valence-corrected chi connectivity index (χ4v) is 4.12. The van der Waals surface area contributed by atoms with Crippen molar-refractivity contribution in [3.8, 4) is 5.75 Å². The number of hydrogen-bond acceptors (Lipinski definition) is 5. The average Bonchev–Trinajstić information content (AvgIpc) is 3.24. The number of methoxy groups -OCH3 is 1. The molecule has 36 heavy (non-hydrogen) atoms. The van der Waals surface area contributed by atoms with E-state index in [1.807, 2.05) is 94.4 Å². The SMILES string of the molecule is COc1cccc([C@@H](C(=O)NC(C)(C)C)N(C(=O)Cn2nnc3ccccc32)c2cccc(C)c2)c1. The van der Waals surface area contributed by atoms with E-state index in [4.69, 9.17) is 4.74 Å². The number of fused-ring (bicyclic) bond motifs is 1. The van der Waals surface area contributed by atoms with Crippen LogP contribution in [0.1, 0.15) is 37.9 Å². The highest BCUT2D eigenvalue weighted by Crippen LogP contribution is 2.31. The normalized spacial score (nSPS) is 12.2. The van der Waals surface area contributed by atoms with Gasteiger partial charge in [0.1, 0.15) is 23.9 Å². The molecule has 1 heterocycles. The number of ether oxygens (including phenoxy) is 1. The number of anilines is 1. The molecule has 186 valence electrons. The van der Waals surface area contributed by atoms with Crippen LogP contribution in [0.15, 0.2) is 72.8 Å². The molecule has 0 radical (unpaired) electrons. The van der Waals surface area contributed by atoms with Crippen LogP contribution in [0.4, 0.5) is 5.69 Å². The molecule has 0 fully saturated rings. The van der Waals surface area contributed by atoms with Crippen molar-refractivity contribution in [2.75, 3.05) is 12.0 Å². The highest BCUT2D eigenvalue weighted by atomic mass is 16.5. The predicted molar refractivity (Wildman–Crippen MR) is 140 cm³/mol. The highest BCUT2D eigenvalue weighted by molar-refractivity contribution is 6.01. The Kier molecular flexibility index (Phi) is 7.05. The molecule has 8 nitrogen and oxygen atoms in total. The molecular formula is C28H31N5O3. The van der Waals surface area contributed by atoms with Crippen molar-refractivity contribution in [3.05, 3.63) is 83.9 Å². The first kappa shape index (κ1) is 24.9. The van der Waals surface area contributed by atoms with Crippen LogP contribution in [-0.4, -0.2) is 39.5 Å². The van der Waals surface area contributed by atoms with Crippen LogP contribution in [0, 0.1) is 6.92 Å². The van der Waals surface area contributed by atoms with Gasteiger partial charge in [-0.1, -0.05) is 41.6 Å². The summed E-state index contributed by atoms with van der Waals surface area (Å²) in [4.78, 5) is 29.4. The number of hydrogen-bond donors (Lipinski definition) is 1. The van der Waals surface area contributed by atoms with E-state index in [-0.39, 0.29) is 18.4 Å². The first-order chi connectivity index (χ1) is 17.2. The third-order valence-electron chi connectivity index (χ3n) is 5.67. The number of carbonyl (C=O) groups excluding carboxylic acids is 2. The maximum Gasteiger partial charge on any atom is 0.249 e. The van der Waals surface area contributed by atoms with Gasteiger partial charge in [0.05, 0.1) is 12.6 Å². The predicted octanol–water partition coefficient (Wildman–Crippen LogP) is 4.44. The number of aryl methyl sites for hydroxylation is 1. The molecule has 1 aromatic heterocycles. The molecule has 0 bridgehead atoms. The second-order valence-corrected chi connectivity index (χ2v) is 9.76. The van der Waals surface area contributed by atoms with Gasteiger partial charge in [0.2, 0.25) is 11.8 Å². The molecule has 1 atom stereocenters. The molecule has 2 amide bonds. The van der Waals surface area contributed by atoms with Crippen LogP contribution in [0.2, 0.25) is 0 Å². The Hall–Kier alpha value is -4.20. The molecule has 0 unspecified atom stereocenters. The van der Waals surface area contributed by atoms with Crippen molar-refractivity contribution in [2.24, 2.45) is 0 Å². The van der Waals surface area contributed by atoms with Gasteiger partial charge in [0, 0.05) is 11.2 Å². The molecule has 0 aliphatic heterocycles. The number of amides is 2. The van der Waals surface area contributed by atoms with Crippen LogP contribution in [0.5, 0.6) is 5.75 Å². The molecule has 1 N–H and O–H groups in total. The summed E-state index contributed by atoms with van der Waals surface area (Å²) < 4.78 is 6.99. The first-order valence-corrected chi connectivity index (χ1v) is 11.8. The van der Waals surface area contributed by atoms with Gasteiger partial charge in [-0.25, -0.2) is 4.68 Å². The highest BCUT2D eigenvalue weighted by Gasteiger charge is 2.35. The Bertz CT molecular complexity index is 1390. The number of carbonyl (C=O) groups is 2. The molecule has 0 aliphatic carbocycles. The summed E-state index contributed by atoms with van der Waals surface area (Å²) >= 11 is 0. The lowest BCUT2D eigenvalue weighted by Gasteiger charge is -2.34. The lowest BCUT2D eigenvalue weighted by atomic mass is 10.00. The van der Waals surface area contributed by atoms with Crippen LogP contribution in [0.3, 0.4) is 0 Å². The van der Waals surface area contributed by atoms with Gasteiger partial charge in [-0.3, -0.25) is 14.5 Å². The molecule has 0 saturated heterocycles. The molecule has 4 rings (SSSR count). The van der Waals surface area contributed by atoms with E-state index < -0.39 is 11.6 Å². The molecule has 0 aliphatic rings. The first-order valence-electron chi connectivity index (χ1n) is 11.8. The van der Waals surface area contributed by atoms with Crippen LogP contribution >= 0.6 is 0 Å². The standard InChI is InChI=1S/C28H31N5O3/c1-19-10-8-12-21(16-19)33(25(34)18-32-24-15-7-6-14-23(24)30-31-32)26(27(35)29-28(2,3)4)20-11-9-13-22(17-20)36-5/h6-17,26H,18H2,1-5H3,(H,29,35)/t26-/m0/s1. The number of aromatic nitrogens is 3. The summed E-state index contributed by atoms with van der Waals surface area (Å²) in [6.07, 6.45) is 0. The van der Waals surface area contributed by atoms with E-state index in [0.29, 0.717) is 22.5 Å². The summed E-state index contributed by atoms with van der Waals surface area (Å²) in [6, 6.07) is 21.3. The van der Waals surface area contributed by atoms with E-state index in [2.05, 4.69) is 15.6 Å². The fraction of sp³-hybridized carbons (Fsp3) is 0.286. The number of benzene rings is 3. The lowest BCUT2D eigenvalue weighted by molar-refractivity contribution is -0.128. The van der Waals surface area contributed by atoms with Crippen LogP contribution in [-0.2, 0) is 16.1 Å². The minimum absolute atomic E-state index is 0.0856.